The lowest BCUT2D eigenvalue weighted by Gasteiger charge is -2.16. The van der Waals surface area contributed by atoms with Crippen molar-refractivity contribution in [3.8, 4) is 6.07 Å². The number of nitrogens with one attached hydrogen (secondary N) is 1. The third-order valence-corrected chi connectivity index (χ3v) is 2.47. The van der Waals surface area contributed by atoms with Crippen LogP contribution in [0.2, 0.25) is 5.02 Å². The number of amides is 1. The van der Waals surface area contributed by atoms with Crippen LogP contribution in [0.5, 0.6) is 0 Å². The highest BCUT2D eigenvalue weighted by molar-refractivity contribution is 6.30. The maximum Gasteiger partial charge on any atom is 0.234 e. The van der Waals surface area contributed by atoms with E-state index in [2.05, 4.69) is 5.32 Å². The first-order valence-electron chi connectivity index (χ1n) is 5.09. The standard InChI is InChI=1S/C12H13ClN2O/c1-2-11(15-12(16)6-7-14)9-4-3-5-10(13)8-9/h3-5,8,11H,2,6H2,1H3,(H,15,16). The van der Waals surface area contributed by atoms with Crippen LogP contribution >= 0.6 is 11.6 Å². The second-order valence-electron chi connectivity index (χ2n) is 3.42. The van der Waals surface area contributed by atoms with Crippen LogP contribution in [0.1, 0.15) is 31.4 Å². The molecule has 0 spiro atoms. The van der Waals surface area contributed by atoms with Crippen LogP contribution in [0.15, 0.2) is 24.3 Å². The highest BCUT2D eigenvalue weighted by atomic mass is 35.5. The second kappa shape index (κ2) is 6.14. The number of nitrogens with zero attached hydrogens (tertiary/aromatic N) is 1. The normalized spacial score (nSPS) is 11.6. The quantitative estimate of drug-likeness (QED) is 0.874. The average Bonchev–Trinajstić information content (AvgIpc) is 2.26. The number of carbonyl (C=O) groups excluding carboxylic acids is 1. The molecule has 0 saturated carbocycles. The Hall–Kier alpha value is -1.53. The van der Waals surface area contributed by atoms with E-state index in [1.807, 2.05) is 31.2 Å². The summed E-state index contributed by atoms with van der Waals surface area (Å²) in [7, 11) is 0. The van der Waals surface area contributed by atoms with E-state index in [1.54, 1.807) is 6.07 Å². The van der Waals surface area contributed by atoms with Gasteiger partial charge in [0.05, 0.1) is 12.1 Å². The summed E-state index contributed by atoms with van der Waals surface area (Å²) in [5, 5.41) is 11.8. The van der Waals surface area contributed by atoms with Gasteiger partial charge in [-0.1, -0.05) is 30.7 Å². The fraction of sp³-hybridized carbons (Fsp3) is 0.333. The summed E-state index contributed by atoms with van der Waals surface area (Å²) in [5.41, 5.74) is 0.960. The zero-order valence-corrected chi connectivity index (χ0v) is 9.79. The van der Waals surface area contributed by atoms with Crippen molar-refractivity contribution in [3.05, 3.63) is 34.9 Å². The Morgan fingerprint density at radius 1 is 1.62 bits per heavy atom. The zero-order valence-electron chi connectivity index (χ0n) is 9.03. The van der Waals surface area contributed by atoms with Gasteiger partial charge in [-0.25, -0.2) is 0 Å². The summed E-state index contributed by atoms with van der Waals surface area (Å²) >= 11 is 5.88. The summed E-state index contributed by atoms with van der Waals surface area (Å²) in [5.74, 6) is -0.255. The van der Waals surface area contributed by atoms with Crippen LogP contribution in [0.25, 0.3) is 0 Å². The van der Waals surface area contributed by atoms with Gasteiger partial charge in [0, 0.05) is 5.02 Å². The van der Waals surface area contributed by atoms with E-state index in [-0.39, 0.29) is 18.4 Å². The molecular formula is C12H13ClN2O. The smallest absolute Gasteiger partial charge is 0.234 e. The van der Waals surface area contributed by atoms with Crippen molar-refractivity contribution in [2.45, 2.75) is 25.8 Å². The first kappa shape index (κ1) is 12.5. The van der Waals surface area contributed by atoms with E-state index in [4.69, 9.17) is 16.9 Å². The largest absolute Gasteiger partial charge is 0.348 e. The molecule has 16 heavy (non-hydrogen) atoms. The van der Waals surface area contributed by atoms with Crippen LogP contribution in [0, 0.1) is 11.3 Å². The number of halogens is 1. The highest BCUT2D eigenvalue weighted by Crippen LogP contribution is 2.20. The molecule has 1 atom stereocenters. The molecule has 1 N–H and O–H groups in total. The van der Waals surface area contributed by atoms with Gasteiger partial charge in [0.1, 0.15) is 6.42 Å². The molecule has 0 heterocycles. The van der Waals surface area contributed by atoms with Crippen molar-refractivity contribution in [2.24, 2.45) is 0 Å². The molecule has 1 aromatic carbocycles. The molecule has 0 aliphatic carbocycles. The van der Waals surface area contributed by atoms with E-state index in [1.165, 1.54) is 0 Å². The molecule has 0 radical (unpaired) electrons. The van der Waals surface area contributed by atoms with Crippen molar-refractivity contribution in [1.82, 2.24) is 5.32 Å². The number of benzene rings is 1. The number of carbonyl (C=O) groups is 1. The third-order valence-electron chi connectivity index (χ3n) is 2.23. The van der Waals surface area contributed by atoms with E-state index in [9.17, 15) is 4.79 Å². The van der Waals surface area contributed by atoms with Gasteiger partial charge in [0.2, 0.25) is 5.91 Å². The summed E-state index contributed by atoms with van der Waals surface area (Å²) in [4.78, 5) is 11.3. The van der Waals surface area contributed by atoms with Gasteiger partial charge in [0.15, 0.2) is 0 Å². The lowest BCUT2D eigenvalue weighted by atomic mass is 10.0. The Kier molecular flexibility index (Phi) is 4.81. The van der Waals surface area contributed by atoms with Gasteiger partial charge in [-0.15, -0.1) is 0 Å². The highest BCUT2D eigenvalue weighted by Gasteiger charge is 2.12. The number of nitriles is 1. The fourth-order valence-electron chi connectivity index (χ4n) is 1.46. The Bertz CT molecular complexity index is 412. The first-order chi connectivity index (χ1) is 7.67. The lowest BCUT2D eigenvalue weighted by molar-refractivity contribution is -0.120. The van der Waals surface area contributed by atoms with Crippen molar-refractivity contribution >= 4 is 17.5 Å². The minimum absolute atomic E-state index is 0.0838. The molecule has 1 rings (SSSR count). The van der Waals surface area contributed by atoms with E-state index in [0.29, 0.717) is 5.02 Å². The number of rotatable bonds is 4. The van der Waals surface area contributed by atoms with E-state index in [0.717, 1.165) is 12.0 Å². The molecule has 0 fully saturated rings. The summed E-state index contributed by atoms with van der Waals surface area (Å²) in [6.45, 7) is 1.97. The van der Waals surface area contributed by atoms with Crippen LogP contribution in [0.3, 0.4) is 0 Å². The molecule has 4 heteroatoms. The fourth-order valence-corrected chi connectivity index (χ4v) is 1.66. The van der Waals surface area contributed by atoms with Crippen molar-refractivity contribution in [2.75, 3.05) is 0 Å². The average molecular weight is 237 g/mol. The van der Waals surface area contributed by atoms with Crippen molar-refractivity contribution in [3.63, 3.8) is 0 Å². The van der Waals surface area contributed by atoms with Gasteiger partial charge in [-0.05, 0) is 24.1 Å². The summed E-state index contributed by atoms with van der Waals surface area (Å²) < 4.78 is 0. The van der Waals surface area contributed by atoms with Crippen molar-refractivity contribution < 1.29 is 4.79 Å². The molecule has 84 valence electrons. The van der Waals surface area contributed by atoms with E-state index < -0.39 is 0 Å². The predicted molar refractivity (Wildman–Crippen MR) is 62.9 cm³/mol. The number of hydrogen-bond acceptors (Lipinski definition) is 2. The molecule has 1 unspecified atom stereocenters. The monoisotopic (exact) mass is 236 g/mol. The van der Waals surface area contributed by atoms with Crippen LogP contribution in [-0.4, -0.2) is 5.91 Å². The minimum Gasteiger partial charge on any atom is -0.348 e. The molecular weight excluding hydrogens is 224 g/mol. The molecule has 0 aromatic heterocycles. The second-order valence-corrected chi connectivity index (χ2v) is 3.85. The summed E-state index contributed by atoms with van der Waals surface area (Å²) in [6, 6.07) is 9.10. The van der Waals surface area contributed by atoms with Gasteiger partial charge in [0.25, 0.3) is 0 Å². The summed E-state index contributed by atoms with van der Waals surface area (Å²) in [6.07, 6.45) is 0.647. The molecule has 0 aliphatic rings. The SMILES string of the molecule is CCC(NC(=O)CC#N)c1cccc(Cl)c1. The van der Waals surface area contributed by atoms with Crippen molar-refractivity contribution in [1.29, 1.82) is 5.26 Å². The lowest BCUT2D eigenvalue weighted by Crippen LogP contribution is -2.27. The van der Waals surface area contributed by atoms with Gasteiger partial charge in [-0.3, -0.25) is 4.79 Å². The molecule has 0 saturated heterocycles. The molecule has 1 aromatic rings. The van der Waals surface area contributed by atoms with Gasteiger partial charge < -0.3 is 5.32 Å². The van der Waals surface area contributed by atoms with Crippen LogP contribution in [0.4, 0.5) is 0 Å². The molecule has 0 bridgehead atoms. The maximum absolute atomic E-state index is 11.3. The maximum atomic E-state index is 11.3. The van der Waals surface area contributed by atoms with Crippen LogP contribution < -0.4 is 5.32 Å². The van der Waals surface area contributed by atoms with E-state index >= 15 is 0 Å². The minimum atomic E-state index is -0.255. The Morgan fingerprint density at radius 3 is 2.94 bits per heavy atom. The van der Waals surface area contributed by atoms with Gasteiger partial charge in [-0.2, -0.15) is 5.26 Å². The zero-order chi connectivity index (χ0) is 12.0. The molecule has 3 nitrogen and oxygen atoms in total. The topological polar surface area (TPSA) is 52.9 Å². The first-order valence-corrected chi connectivity index (χ1v) is 5.47. The Morgan fingerprint density at radius 2 is 2.38 bits per heavy atom. The third kappa shape index (κ3) is 3.56. The molecule has 0 aliphatic heterocycles. The van der Waals surface area contributed by atoms with Gasteiger partial charge >= 0.3 is 0 Å². The Balaban J connectivity index is 2.75. The molecule has 1 amide bonds. The predicted octanol–water partition coefficient (Wildman–Crippen LogP) is 2.82. The Labute approximate surface area is 100 Å². The van der Waals surface area contributed by atoms with Crippen LogP contribution in [-0.2, 0) is 4.79 Å². The number of hydrogen-bond donors (Lipinski definition) is 1.